The maximum atomic E-state index is 6.28. The first kappa shape index (κ1) is 14.0. The Morgan fingerprint density at radius 1 is 1.22 bits per heavy atom. The van der Waals surface area contributed by atoms with Crippen molar-refractivity contribution in [3.8, 4) is 0 Å². The molecule has 2 N–H and O–H groups in total. The molecule has 0 aromatic heterocycles. The van der Waals surface area contributed by atoms with Gasteiger partial charge in [-0.3, -0.25) is 0 Å². The monoisotopic (exact) mass is 263 g/mol. The Morgan fingerprint density at radius 2 is 2.00 bits per heavy atom. The van der Waals surface area contributed by atoms with Crippen molar-refractivity contribution in [3.05, 3.63) is 35.9 Å². The van der Waals surface area contributed by atoms with Crippen LogP contribution in [0.25, 0.3) is 0 Å². The van der Waals surface area contributed by atoms with Gasteiger partial charge >= 0.3 is 0 Å². The first-order valence-corrected chi connectivity index (χ1v) is 8.28. The summed E-state index contributed by atoms with van der Waals surface area (Å²) in [5.74, 6) is 2.00. The molecular formula is C16H25NS. The van der Waals surface area contributed by atoms with Crippen molar-refractivity contribution in [3.63, 3.8) is 0 Å². The van der Waals surface area contributed by atoms with E-state index in [1.807, 2.05) is 0 Å². The van der Waals surface area contributed by atoms with Crippen LogP contribution in [0.1, 0.15) is 50.5 Å². The molecular weight excluding hydrogens is 238 g/mol. The van der Waals surface area contributed by atoms with Gasteiger partial charge in [0, 0.05) is 11.3 Å². The number of benzene rings is 1. The zero-order chi connectivity index (χ0) is 12.8. The largest absolute Gasteiger partial charge is 0.327 e. The van der Waals surface area contributed by atoms with Crippen molar-refractivity contribution in [2.75, 3.05) is 5.75 Å². The third-order valence-corrected chi connectivity index (χ3v) is 5.44. The molecule has 3 unspecified atom stereocenters. The molecule has 100 valence electrons. The van der Waals surface area contributed by atoms with Crippen LogP contribution in [0.2, 0.25) is 0 Å². The molecule has 2 heteroatoms. The summed E-state index contributed by atoms with van der Waals surface area (Å²) in [6.45, 7) is 2.26. The van der Waals surface area contributed by atoms with E-state index in [9.17, 15) is 0 Å². The SMILES string of the molecule is CCCCSC1CC(c2ccccc2)CCC1N. The normalized spacial score (nSPS) is 28.2. The molecule has 18 heavy (non-hydrogen) atoms. The lowest BCUT2D eigenvalue weighted by Crippen LogP contribution is -2.38. The van der Waals surface area contributed by atoms with E-state index < -0.39 is 0 Å². The van der Waals surface area contributed by atoms with Gasteiger partial charge < -0.3 is 5.73 Å². The predicted octanol–water partition coefficient (Wildman–Crippen LogP) is 4.18. The fourth-order valence-corrected chi connectivity index (χ4v) is 4.26. The average Bonchev–Trinajstić information content (AvgIpc) is 2.42. The molecule has 0 heterocycles. The number of thioether (sulfide) groups is 1. The van der Waals surface area contributed by atoms with E-state index in [1.54, 1.807) is 0 Å². The van der Waals surface area contributed by atoms with Crippen molar-refractivity contribution >= 4 is 11.8 Å². The van der Waals surface area contributed by atoms with Crippen LogP contribution in [-0.2, 0) is 0 Å². The second kappa shape index (κ2) is 7.20. The molecule has 0 radical (unpaired) electrons. The molecule has 1 aliphatic rings. The van der Waals surface area contributed by atoms with Gasteiger partial charge in [-0.05, 0) is 42.9 Å². The lowest BCUT2D eigenvalue weighted by Gasteiger charge is -2.34. The molecule has 1 aromatic rings. The Hall–Kier alpha value is -0.470. The standard InChI is InChI=1S/C16H25NS/c1-2-3-11-18-16-12-14(9-10-15(16)17)13-7-5-4-6-8-13/h4-8,14-16H,2-3,9-12,17H2,1H3. The van der Waals surface area contributed by atoms with E-state index >= 15 is 0 Å². The molecule has 1 saturated carbocycles. The van der Waals surface area contributed by atoms with E-state index in [-0.39, 0.29) is 0 Å². The summed E-state index contributed by atoms with van der Waals surface area (Å²) in [5, 5.41) is 0.663. The van der Waals surface area contributed by atoms with Crippen molar-refractivity contribution in [1.29, 1.82) is 0 Å². The highest BCUT2D eigenvalue weighted by molar-refractivity contribution is 7.99. The smallest absolute Gasteiger partial charge is 0.0204 e. The molecule has 1 fully saturated rings. The molecule has 0 saturated heterocycles. The Balaban J connectivity index is 1.91. The Kier molecular flexibility index (Phi) is 5.58. The van der Waals surface area contributed by atoms with E-state index in [2.05, 4.69) is 49.0 Å². The summed E-state index contributed by atoms with van der Waals surface area (Å²) in [5.41, 5.74) is 7.79. The number of nitrogens with two attached hydrogens (primary N) is 1. The summed E-state index contributed by atoms with van der Waals surface area (Å²) in [4.78, 5) is 0. The van der Waals surface area contributed by atoms with Crippen LogP contribution in [0.4, 0.5) is 0 Å². The van der Waals surface area contributed by atoms with Gasteiger partial charge in [0.1, 0.15) is 0 Å². The van der Waals surface area contributed by atoms with Crippen LogP contribution in [0.3, 0.4) is 0 Å². The fraction of sp³-hybridized carbons (Fsp3) is 0.625. The van der Waals surface area contributed by atoms with Crippen molar-refractivity contribution in [1.82, 2.24) is 0 Å². The molecule has 1 aliphatic carbocycles. The highest BCUT2D eigenvalue weighted by Gasteiger charge is 2.28. The third kappa shape index (κ3) is 3.76. The Labute approximate surface area is 116 Å². The van der Waals surface area contributed by atoms with Crippen LogP contribution in [-0.4, -0.2) is 17.0 Å². The second-order valence-corrected chi connectivity index (χ2v) is 6.69. The third-order valence-electron chi connectivity index (χ3n) is 3.94. The lowest BCUT2D eigenvalue weighted by atomic mass is 9.82. The van der Waals surface area contributed by atoms with Crippen LogP contribution >= 0.6 is 11.8 Å². The minimum atomic E-state index is 0.409. The Bertz CT molecular complexity index is 338. The first-order valence-electron chi connectivity index (χ1n) is 7.23. The van der Waals surface area contributed by atoms with Crippen molar-refractivity contribution in [2.45, 2.75) is 56.2 Å². The number of rotatable bonds is 5. The van der Waals surface area contributed by atoms with E-state index in [1.165, 1.54) is 43.4 Å². The Morgan fingerprint density at radius 3 is 2.72 bits per heavy atom. The maximum Gasteiger partial charge on any atom is 0.0204 e. The van der Waals surface area contributed by atoms with Gasteiger partial charge in [-0.25, -0.2) is 0 Å². The summed E-state index contributed by atoms with van der Waals surface area (Å²) in [6, 6.07) is 11.4. The second-order valence-electron chi connectivity index (χ2n) is 5.35. The lowest BCUT2D eigenvalue weighted by molar-refractivity contribution is 0.406. The van der Waals surface area contributed by atoms with Crippen LogP contribution in [0.5, 0.6) is 0 Å². The first-order chi connectivity index (χ1) is 8.81. The maximum absolute atomic E-state index is 6.28. The minimum Gasteiger partial charge on any atom is -0.327 e. The van der Waals surface area contributed by atoms with E-state index in [4.69, 9.17) is 5.73 Å². The van der Waals surface area contributed by atoms with E-state index in [0.717, 1.165) is 5.92 Å². The molecule has 3 atom stereocenters. The number of hydrogen-bond donors (Lipinski definition) is 1. The molecule has 1 aromatic carbocycles. The van der Waals surface area contributed by atoms with Gasteiger partial charge in [0.2, 0.25) is 0 Å². The molecule has 0 aliphatic heterocycles. The van der Waals surface area contributed by atoms with Gasteiger partial charge in [0.05, 0.1) is 0 Å². The quantitative estimate of drug-likeness (QED) is 0.806. The summed E-state index contributed by atoms with van der Waals surface area (Å²) in [7, 11) is 0. The zero-order valence-corrected chi connectivity index (χ0v) is 12.2. The minimum absolute atomic E-state index is 0.409. The van der Waals surface area contributed by atoms with Crippen LogP contribution < -0.4 is 5.73 Å². The van der Waals surface area contributed by atoms with Crippen LogP contribution in [0.15, 0.2) is 30.3 Å². The molecule has 0 amide bonds. The highest BCUT2D eigenvalue weighted by Crippen LogP contribution is 2.37. The van der Waals surface area contributed by atoms with Gasteiger partial charge in [-0.15, -0.1) is 0 Å². The fourth-order valence-electron chi connectivity index (χ4n) is 2.75. The van der Waals surface area contributed by atoms with Gasteiger partial charge in [0.25, 0.3) is 0 Å². The molecule has 2 rings (SSSR count). The molecule has 0 bridgehead atoms. The van der Waals surface area contributed by atoms with Gasteiger partial charge in [0.15, 0.2) is 0 Å². The van der Waals surface area contributed by atoms with Crippen molar-refractivity contribution in [2.24, 2.45) is 5.73 Å². The van der Waals surface area contributed by atoms with Gasteiger partial charge in [-0.2, -0.15) is 11.8 Å². The summed E-state index contributed by atoms with van der Waals surface area (Å²) >= 11 is 2.10. The molecule has 1 nitrogen and oxygen atoms in total. The number of unbranched alkanes of at least 4 members (excludes halogenated alkanes) is 1. The van der Waals surface area contributed by atoms with Gasteiger partial charge in [-0.1, -0.05) is 43.7 Å². The summed E-state index contributed by atoms with van der Waals surface area (Å²) < 4.78 is 0. The average molecular weight is 263 g/mol. The predicted molar refractivity (Wildman–Crippen MR) is 82.2 cm³/mol. The number of hydrogen-bond acceptors (Lipinski definition) is 2. The van der Waals surface area contributed by atoms with Crippen molar-refractivity contribution < 1.29 is 0 Å². The topological polar surface area (TPSA) is 26.0 Å². The molecule has 0 spiro atoms. The van der Waals surface area contributed by atoms with E-state index in [0.29, 0.717) is 11.3 Å². The zero-order valence-electron chi connectivity index (χ0n) is 11.3. The summed E-state index contributed by atoms with van der Waals surface area (Å²) in [6.07, 6.45) is 6.32. The van der Waals surface area contributed by atoms with Crippen LogP contribution in [0, 0.1) is 0 Å². The highest BCUT2D eigenvalue weighted by atomic mass is 32.2.